The van der Waals surface area contributed by atoms with E-state index in [4.69, 9.17) is 18.1 Å². The Hall–Kier alpha value is -1.17. The molecular weight excluding hydrogens is 268 g/mol. The van der Waals surface area contributed by atoms with Gasteiger partial charge in [0.2, 0.25) is 0 Å². The summed E-state index contributed by atoms with van der Waals surface area (Å²) in [4.78, 5) is 2.51. The molecule has 0 aliphatic carbocycles. The number of thiocarbonyl (C=S) groups is 1. The van der Waals surface area contributed by atoms with Gasteiger partial charge in [0.25, 0.3) is 0 Å². The standard InChI is InChI=1S/C15H24N4S/c1-15(2)11-19(10-12-6-4-3-5-7-12)9-8-13(15)17-14(20)18-16/h3-7,13H,8-11,16H2,1-2H3,(H2,17,18,20). The van der Waals surface area contributed by atoms with Crippen molar-refractivity contribution in [3.8, 4) is 0 Å². The summed E-state index contributed by atoms with van der Waals surface area (Å²) in [7, 11) is 0. The fourth-order valence-electron chi connectivity index (χ4n) is 2.91. The normalized spacial score (nSPS) is 22.2. The summed E-state index contributed by atoms with van der Waals surface area (Å²) in [5, 5.41) is 3.84. The van der Waals surface area contributed by atoms with Gasteiger partial charge in [-0.2, -0.15) is 0 Å². The highest BCUT2D eigenvalue weighted by atomic mass is 32.1. The minimum absolute atomic E-state index is 0.161. The molecule has 0 bridgehead atoms. The molecule has 5 heteroatoms. The monoisotopic (exact) mass is 292 g/mol. The number of nitrogens with two attached hydrogens (primary N) is 1. The van der Waals surface area contributed by atoms with Gasteiger partial charge in [0.1, 0.15) is 0 Å². The highest BCUT2D eigenvalue weighted by molar-refractivity contribution is 7.80. The Morgan fingerprint density at radius 3 is 2.70 bits per heavy atom. The van der Waals surface area contributed by atoms with E-state index in [1.165, 1.54) is 5.56 Å². The van der Waals surface area contributed by atoms with Gasteiger partial charge in [-0.25, -0.2) is 5.84 Å². The van der Waals surface area contributed by atoms with Crippen molar-refractivity contribution in [1.82, 2.24) is 15.6 Å². The molecule has 1 unspecified atom stereocenters. The number of hydrogen-bond donors (Lipinski definition) is 3. The number of rotatable bonds is 3. The molecule has 4 N–H and O–H groups in total. The molecule has 1 saturated heterocycles. The third-order valence-electron chi connectivity index (χ3n) is 3.99. The van der Waals surface area contributed by atoms with Gasteiger partial charge in [0.05, 0.1) is 0 Å². The number of piperidine rings is 1. The average Bonchev–Trinajstić information content (AvgIpc) is 2.42. The van der Waals surface area contributed by atoms with Gasteiger partial charge in [-0.15, -0.1) is 0 Å². The van der Waals surface area contributed by atoms with E-state index < -0.39 is 0 Å². The van der Waals surface area contributed by atoms with Gasteiger partial charge in [0, 0.05) is 25.7 Å². The molecule has 1 atom stereocenters. The third-order valence-corrected chi connectivity index (χ3v) is 4.23. The predicted octanol–water partition coefficient (Wildman–Crippen LogP) is 1.62. The number of benzene rings is 1. The lowest BCUT2D eigenvalue weighted by molar-refractivity contribution is 0.0813. The van der Waals surface area contributed by atoms with Crippen molar-refractivity contribution in [2.24, 2.45) is 11.3 Å². The summed E-state index contributed by atoms with van der Waals surface area (Å²) in [6.45, 7) is 7.69. The molecule has 0 saturated carbocycles. The quantitative estimate of drug-likeness (QED) is 0.449. The van der Waals surface area contributed by atoms with E-state index in [2.05, 4.69) is 59.8 Å². The molecule has 1 aliphatic rings. The SMILES string of the molecule is CC1(C)CN(Cc2ccccc2)CCC1NC(=S)NN. The van der Waals surface area contributed by atoms with Crippen LogP contribution in [0.4, 0.5) is 0 Å². The van der Waals surface area contributed by atoms with Crippen molar-refractivity contribution in [3.05, 3.63) is 35.9 Å². The van der Waals surface area contributed by atoms with E-state index in [0.29, 0.717) is 11.2 Å². The van der Waals surface area contributed by atoms with Crippen LogP contribution in [0.25, 0.3) is 0 Å². The van der Waals surface area contributed by atoms with Crippen LogP contribution in [0, 0.1) is 5.41 Å². The summed E-state index contributed by atoms with van der Waals surface area (Å²) >= 11 is 5.11. The lowest BCUT2D eigenvalue weighted by Gasteiger charge is -2.45. The van der Waals surface area contributed by atoms with Gasteiger partial charge in [-0.1, -0.05) is 44.2 Å². The molecule has 1 aromatic rings. The number of hydrogen-bond acceptors (Lipinski definition) is 3. The zero-order valence-electron chi connectivity index (χ0n) is 12.2. The Kier molecular flexibility index (Phi) is 4.96. The third kappa shape index (κ3) is 3.91. The molecule has 0 spiro atoms. The van der Waals surface area contributed by atoms with Gasteiger partial charge in [-0.3, -0.25) is 4.90 Å². The maximum atomic E-state index is 5.34. The first-order valence-corrected chi connectivity index (χ1v) is 7.45. The van der Waals surface area contributed by atoms with Gasteiger partial charge in [0.15, 0.2) is 5.11 Å². The summed E-state index contributed by atoms with van der Waals surface area (Å²) < 4.78 is 0. The van der Waals surface area contributed by atoms with Crippen LogP contribution in [0.1, 0.15) is 25.8 Å². The van der Waals surface area contributed by atoms with Crippen molar-refractivity contribution in [2.45, 2.75) is 32.9 Å². The summed E-state index contributed by atoms with van der Waals surface area (Å²) in [6.07, 6.45) is 1.07. The molecule has 0 amide bonds. The van der Waals surface area contributed by atoms with Crippen molar-refractivity contribution < 1.29 is 0 Å². The largest absolute Gasteiger partial charge is 0.358 e. The highest BCUT2D eigenvalue weighted by Crippen LogP contribution is 2.30. The second-order valence-corrected chi connectivity index (χ2v) is 6.55. The first kappa shape index (κ1) is 15.2. The first-order chi connectivity index (χ1) is 9.51. The zero-order chi connectivity index (χ0) is 14.6. The van der Waals surface area contributed by atoms with E-state index in [9.17, 15) is 0 Å². The minimum Gasteiger partial charge on any atom is -0.358 e. The van der Waals surface area contributed by atoms with Crippen LogP contribution in [0.15, 0.2) is 30.3 Å². The fraction of sp³-hybridized carbons (Fsp3) is 0.533. The van der Waals surface area contributed by atoms with Crippen LogP contribution < -0.4 is 16.6 Å². The van der Waals surface area contributed by atoms with Crippen molar-refractivity contribution in [1.29, 1.82) is 0 Å². The predicted molar refractivity (Wildman–Crippen MR) is 87.0 cm³/mol. The molecular formula is C15H24N4S. The Balaban J connectivity index is 1.94. The first-order valence-electron chi connectivity index (χ1n) is 7.04. The lowest BCUT2D eigenvalue weighted by Crippen LogP contribution is -2.57. The molecule has 1 aliphatic heterocycles. The Morgan fingerprint density at radius 2 is 2.10 bits per heavy atom. The highest BCUT2D eigenvalue weighted by Gasteiger charge is 2.36. The zero-order valence-corrected chi connectivity index (χ0v) is 13.0. The van der Waals surface area contributed by atoms with Gasteiger partial charge >= 0.3 is 0 Å². The molecule has 4 nitrogen and oxygen atoms in total. The average molecular weight is 292 g/mol. The van der Waals surface area contributed by atoms with Crippen molar-refractivity contribution >= 4 is 17.3 Å². The fourth-order valence-corrected chi connectivity index (χ4v) is 3.05. The summed E-state index contributed by atoms with van der Waals surface area (Å²) in [5.41, 5.74) is 4.04. The molecule has 1 heterocycles. The van der Waals surface area contributed by atoms with Crippen LogP contribution in [-0.2, 0) is 6.54 Å². The number of likely N-dealkylation sites (tertiary alicyclic amines) is 1. The molecule has 1 fully saturated rings. The maximum Gasteiger partial charge on any atom is 0.180 e. The molecule has 0 aromatic heterocycles. The van der Waals surface area contributed by atoms with Crippen LogP contribution >= 0.6 is 12.2 Å². The Morgan fingerprint density at radius 1 is 1.40 bits per heavy atom. The van der Waals surface area contributed by atoms with Crippen molar-refractivity contribution in [3.63, 3.8) is 0 Å². The van der Waals surface area contributed by atoms with Crippen LogP contribution in [0.3, 0.4) is 0 Å². The van der Waals surface area contributed by atoms with Crippen molar-refractivity contribution in [2.75, 3.05) is 13.1 Å². The molecule has 110 valence electrons. The molecule has 2 rings (SSSR count). The van der Waals surface area contributed by atoms with E-state index in [-0.39, 0.29) is 5.41 Å². The molecule has 20 heavy (non-hydrogen) atoms. The van der Waals surface area contributed by atoms with Crippen LogP contribution in [-0.4, -0.2) is 29.1 Å². The number of nitrogens with zero attached hydrogens (tertiary/aromatic N) is 1. The second kappa shape index (κ2) is 6.52. The van der Waals surface area contributed by atoms with Crippen LogP contribution in [0.5, 0.6) is 0 Å². The summed E-state index contributed by atoms with van der Waals surface area (Å²) in [5.74, 6) is 5.34. The molecule has 0 radical (unpaired) electrons. The van der Waals surface area contributed by atoms with Gasteiger partial charge < -0.3 is 10.7 Å². The number of hydrazine groups is 1. The van der Waals surface area contributed by atoms with Crippen LogP contribution in [0.2, 0.25) is 0 Å². The lowest BCUT2D eigenvalue weighted by atomic mass is 9.79. The Bertz CT molecular complexity index is 446. The van der Waals surface area contributed by atoms with E-state index in [1.54, 1.807) is 0 Å². The smallest absolute Gasteiger partial charge is 0.180 e. The van der Waals surface area contributed by atoms with E-state index in [0.717, 1.165) is 26.1 Å². The second-order valence-electron chi connectivity index (χ2n) is 6.14. The number of nitrogens with one attached hydrogen (secondary N) is 2. The maximum absolute atomic E-state index is 5.34. The summed E-state index contributed by atoms with van der Waals surface area (Å²) in [6, 6.07) is 11.0. The Labute approximate surface area is 126 Å². The van der Waals surface area contributed by atoms with E-state index in [1.807, 2.05) is 0 Å². The minimum atomic E-state index is 0.161. The van der Waals surface area contributed by atoms with E-state index >= 15 is 0 Å². The topological polar surface area (TPSA) is 53.3 Å². The molecule has 1 aromatic carbocycles. The van der Waals surface area contributed by atoms with Gasteiger partial charge in [-0.05, 0) is 29.6 Å².